The van der Waals surface area contributed by atoms with E-state index in [0.29, 0.717) is 11.8 Å². The molecule has 0 aromatic rings. The van der Waals surface area contributed by atoms with Crippen molar-refractivity contribution in [1.82, 2.24) is 5.32 Å². The van der Waals surface area contributed by atoms with Gasteiger partial charge in [-0.05, 0) is 0 Å². The minimum absolute atomic E-state index is 0.639. The van der Waals surface area contributed by atoms with Gasteiger partial charge in [0.25, 0.3) is 0 Å². The van der Waals surface area contributed by atoms with Gasteiger partial charge in [-0.3, -0.25) is 0 Å². The predicted octanol–water partition coefficient (Wildman–Crippen LogP) is 0.115. The van der Waals surface area contributed by atoms with Gasteiger partial charge in [-0.15, -0.1) is 0 Å². The largest absolute Gasteiger partial charge is 0.384 e. The van der Waals surface area contributed by atoms with E-state index in [2.05, 4.69) is 5.32 Å². The molecule has 0 spiro atoms. The summed E-state index contributed by atoms with van der Waals surface area (Å²) in [5, 5.41) is 3.33. The van der Waals surface area contributed by atoms with Crippen LogP contribution < -0.4 is 5.32 Å². The van der Waals surface area contributed by atoms with E-state index in [1.807, 2.05) is 0 Å². The van der Waals surface area contributed by atoms with Gasteiger partial charge < -0.3 is 14.8 Å². The molecule has 0 bridgehead atoms. The molecule has 3 nitrogen and oxygen atoms in total. The second-order valence-electron chi connectivity index (χ2n) is 3.09. The number of methoxy groups -OCH3 is 2. The third-order valence-electron chi connectivity index (χ3n) is 2.24. The van der Waals surface area contributed by atoms with Crippen LogP contribution in [0.2, 0.25) is 0 Å². The molecule has 0 aliphatic carbocycles. The lowest BCUT2D eigenvalue weighted by Gasteiger charge is -2.15. The quantitative estimate of drug-likeness (QED) is 0.632. The fourth-order valence-electron chi connectivity index (χ4n) is 1.61. The lowest BCUT2D eigenvalue weighted by molar-refractivity contribution is 0.0937. The van der Waals surface area contributed by atoms with Crippen molar-refractivity contribution in [2.75, 3.05) is 40.5 Å². The van der Waals surface area contributed by atoms with Crippen LogP contribution in [0.1, 0.15) is 0 Å². The molecule has 1 N–H and O–H groups in total. The second-order valence-corrected chi connectivity index (χ2v) is 3.09. The Hall–Kier alpha value is -0.120. The minimum atomic E-state index is 0.639. The highest BCUT2D eigenvalue weighted by Gasteiger charge is 2.26. The summed E-state index contributed by atoms with van der Waals surface area (Å²) in [4.78, 5) is 0. The molecule has 0 aromatic heterocycles. The SMILES string of the molecule is COC[C@@H]1CNC[C@H]1COC. The van der Waals surface area contributed by atoms with Crippen LogP contribution in [0.25, 0.3) is 0 Å². The molecule has 0 radical (unpaired) electrons. The van der Waals surface area contributed by atoms with Crippen molar-refractivity contribution in [3.63, 3.8) is 0 Å². The van der Waals surface area contributed by atoms with Gasteiger partial charge >= 0.3 is 0 Å². The van der Waals surface area contributed by atoms with Crippen LogP contribution in [0.15, 0.2) is 0 Å². The van der Waals surface area contributed by atoms with Gasteiger partial charge in [-0.2, -0.15) is 0 Å². The van der Waals surface area contributed by atoms with Crippen molar-refractivity contribution in [2.45, 2.75) is 0 Å². The molecular formula is C8H17NO2. The van der Waals surface area contributed by atoms with E-state index in [9.17, 15) is 0 Å². The fraction of sp³-hybridized carbons (Fsp3) is 1.00. The average Bonchev–Trinajstić information content (AvgIpc) is 2.39. The highest BCUT2D eigenvalue weighted by molar-refractivity contribution is 4.80. The molecule has 66 valence electrons. The van der Waals surface area contributed by atoms with Gasteiger partial charge in [-0.1, -0.05) is 0 Å². The summed E-state index contributed by atoms with van der Waals surface area (Å²) >= 11 is 0. The molecule has 11 heavy (non-hydrogen) atoms. The molecule has 0 aromatic carbocycles. The summed E-state index contributed by atoms with van der Waals surface area (Å²) in [7, 11) is 3.50. The van der Waals surface area contributed by atoms with Crippen LogP contribution in [-0.4, -0.2) is 40.5 Å². The van der Waals surface area contributed by atoms with E-state index in [0.717, 1.165) is 26.3 Å². The summed E-state index contributed by atoms with van der Waals surface area (Å²) in [5.41, 5.74) is 0. The smallest absolute Gasteiger partial charge is 0.0506 e. The molecule has 1 rings (SSSR count). The van der Waals surface area contributed by atoms with Crippen molar-refractivity contribution >= 4 is 0 Å². The molecular weight excluding hydrogens is 142 g/mol. The summed E-state index contributed by atoms with van der Waals surface area (Å²) < 4.78 is 10.2. The summed E-state index contributed by atoms with van der Waals surface area (Å²) in [6, 6.07) is 0. The highest BCUT2D eigenvalue weighted by Crippen LogP contribution is 2.16. The van der Waals surface area contributed by atoms with Crippen LogP contribution in [0, 0.1) is 11.8 Å². The standard InChI is InChI=1S/C8H17NO2/c1-10-5-7-3-9-4-8(7)6-11-2/h7-9H,3-6H2,1-2H3/t7-,8-/m0/s1. The average molecular weight is 159 g/mol. The van der Waals surface area contributed by atoms with Gasteiger partial charge in [0.2, 0.25) is 0 Å². The molecule has 1 heterocycles. The zero-order valence-electron chi connectivity index (χ0n) is 7.30. The molecule has 1 aliphatic heterocycles. The fourth-order valence-corrected chi connectivity index (χ4v) is 1.61. The summed E-state index contributed by atoms with van der Waals surface area (Å²) in [6.07, 6.45) is 0. The Morgan fingerprint density at radius 1 is 1.09 bits per heavy atom. The highest BCUT2D eigenvalue weighted by atomic mass is 16.5. The summed E-state index contributed by atoms with van der Waals surface area (Å²) in [5.74, 6) is 1.28. The first-order valence-electron chi connectivity index (χ1n) is 4.07. The van der Waals surface area contributed by atoms with E-state index in [-0.39, 0.29) is 0 Å². The van der Waals surface area contributed by atoms with Crippen molar-refractivity contribution in [2.24, 2.45) is 11.8 Å². The number of nitrogens with one attached hydrogen (secondary N) is 1. The van der Waals surface area contributed by atoms with Crippen LogP contribution in [0.3, 0.4) is 0 Å². The van der Waals surface area contributed by atoms with E-state index >= 15 is 0 Å². The van der Waals surface area contributed by atoms with Crippen molar-refractivity contribution in [3.8, 4) is 0 Å². The third kappa shape index (κ3) is 2.43. The lowest BCUT2D eigenvalue weighted by atomic mass is 9.98. The van der Waals surface area contributed by atoms with E-state index in [1.54, 1.807) is 14.2 Å². The molecule has 0 unspecified atom stereocenters. The Morgan fingerprint density at radius 3 is 1.91 bits per heavy atom. The van der Waals surface area contributed by atoms with Gasteiger partial charge in [-0.25, -0.2) is 0 Å². The minimum Gasteiger partial charge on any atom is -0.384 e. The normalized spacial score (nSPS) is 31.1. The molecule has 2 atom stereocenters. The Bertz CT molecular complexity index is 96.3. The first-order chi connectivity index (χ1) is 5.38. The van der Waals surface area contributed by atoms with Crippen molar-refractivity contribution in [3.05, 3.63) is 0 Å². The number of rotatable bonds is 4. The molecule has 3 heteroatoms. The number of hydrogen-bond acceptors (Lipinski definition) is 3. The molecule has 1 aliphatic rings. The summed E-state index contributed by atoms with van der Waals surface area (Å²) in [6.45, 7) is 3.84. The maximum Gasteiger partial charge on any atom is 0.0506 e. The topological polar surface area (TPSA) is 30.5 Å². The Morgan fingerprint density at radius 2 is 1.55 bits per heavy atom. The van der Waals surface area contributed by atoms with Gasteiger partial charge in [0, 0.05) is 39.1 Å². The van der Waals surface area contributed by atoms with Crippen molar-refractivity contribution < 1.29 is 9.47 Å². The zero-order chi connectivity index (χ0) is 8.10. The number of ether oxygens (including phenoxy) is 2. The van der Waals surface area contributed by atoms with Gasteiger partial charge in [0.15, 0.2) is 0 Å². The lowest BCUT2D eigenvalue weighted by Crippen LogP contribution is -2.21. The maximum atomic E-state index is 5.11. The first-order valence-corrected chi connectivity index (χ1v) is 4.07. The van der Waals surface area contributed by atoms with Crippen molar-refractivity contribution in [1.29, 1.82) is 0 Å². The van der Waals surface area contributed by atoms with E-state index in [1.165, 1.54) is 0 Å². The number of hydrogen-bond donors (Lipinski definition) is 1. The molecule has 0 amide bonds. The zero-order valence-corrected chi connectivity index (χ0v) is 7.30. The van der Waals surface area contributed by atoms with Crippen LogP contribution >= 0.6 is 0 Å². The molecule has 1 fully saturated rings. The van der Waals surface area contributed by atoms with E-state index < -0.39 is 0 Å². The van der Waals surface area contributed by atoms with Crippen LogP contribution in [0.5, 0.6) is 0 Å². The van der Waals surface area contributed by atoms with E-state index in [4.69, 9.17) is 9.47 Å². The Kier molecular flexibility index (Phi) is 3.83. The Labute approximate surface area is 68.1 Å². The monoisotopic (exact) mass is 159 g/mol. The third-order valence-corrected chi connectivity index (χ3v) is 2.24. The van der Waals surface area contributed by atoms with Gasteiger partial charge in [0.05, 0.1) is 13.2 Å². The van der Waals surface area contributed by atoms with Crippen LogP contribution in [0.4, 0.5) is 0 Å². The molecule has 0 saturated carbocycles. The second kappa shape index (κ2) is 4.70. The molecule has 1 saturated heterocycles. The first kappa shape index (κ1) is 8.97. The maximum absolute atomic E-state index is 5.11. The van der Waals surface area contributed by atoms with Gasteiger partial charge in [0.1, 0.15) is 0 Å². The predicted molar refractivity (Wildman–Crippen MR) is 43.6 cm³/mol. The van der Waals surface area contributed by atoms with Crippen LogP contribution in [-0.2, 0) is 9.47 Å². The Balaban J connectivity index is 2.25.